The van der Waals surface area contributed by atoms with Crippen LogP contribution in [-0.4, -0.2) is 16.7 Å². The molecule has 0 aliphatic carbocycles. The van der Waals surface area contributed by atoms with E-state index in [4.69, 9.17) is 0 Å². The van der Waals surface area contributed by atoms with Crippen LogP contribution < -0.4 is 5.43 Å². The SMILES string of the molecule is CC(=NNC(=O)C(c1ccccc1)c1ccccc1)c1ccc(O)cc1. The van der Waals surface area contributed by atoms with Crippen LogP contribution in [0.25, 0.3) is 0 Å². The maximum Gasteiger partial charge on any atom is 0.252 e. The standard InChI is InChI=1S/C22H20N2O2/c1-16(17-12-14-20(25)15-13-17)23-24-22(26)21(18-8-4-2-5-9-18)19-10-6-3-7-11-19/h2-15,21,25H,1H3,(H,24,26). The van der Waals surface area contributed by atoms with Gasteiger partial charge in [0.05, 0.1) is 11.6 Å². The maximum atomic E-state index is 12.9. The Bertz CT molecular complexity index is 849. The van der Waals surface area contributed by atoms with Crippen LogP contribution in [0.15, 0.2) is 90.0 Å². The number of phenolic OH excluding ortho intramolecular Hbond substituents is 1. The molecule has 0 unspecified atom stereocenters. The quantitative estimate of drug-likeness (QED) is 0.541. The van der Waals surface area contributed by atoms with Crippen LogP contribution in [0.1, 0.15) is 29.5 Å². The molecule has 0 atom stereocenters. The van der Waals surface area contributed by atoms with Gasteiger partial charge in [-0.2, -0.15) is 5.10 Å². The van der Waals surface area contributed by atoms with Crippen LogP contribution in [0.3, 0.4) is 0 Å². The molecule has 0 heterocycles. The molecular formula is C22H20N2O2. The molecule has 4 heteroatoms. The Morgan fingerprint density at radius 2 is 1.35 bits per heavy atom. The van der Waals surface area contributed by atoms with E-state index >= 15 is 0 Å². The average molecular weight is 344 g/mol. The Hall–Kier alpha value is -3.40. The summed E-state index contributed by atoms with van der Waals surface area (Å²) in [5.41, 5.74) is 6.00. The fourth-order valence-corrected chi connectivity index (χ4v) is 2.76. The molecule has 26 heavy (non-hydrogen) atoms. The highest BCUT2D eigenvalue weighted by Gasteiger charge is 2.22. The molecular weight excluding hydrogens is 324 g/mol. The molecule has 0 saturated carbocycles. The van der Waals surface area contributed by atoms with Crippen molar-refractivity contribution in [3.63, 3.8) is 0 Å². The van der Waals surface area contributed by atoms with Gasteiger partial charge in [-0.3, -0.25) is 4.79 Å². The van der Waals surface area contributed by atoms with E-state index in [0.29, 0.717) is 5.71 Å². The number of nitrogens with zero attached hydrogens (tertiary/aromatic N) is 1. The van der Waals surface area contributed by atoms with Crippen LogP contribution in [-0.2, 0) is 4.79 Å². The zero-order valence-corrected chi connectivity index (χ0v) is 14.5. The largest absolute Gasteiger partial charge is 0.508 e. The van der Waals surface area contributed by atoms with Gasteiger partial charge in [-0.25, -0.2) is 5.43 Å². The van der Waals surface area contributed by atoms with E-state index < -0.39 is 5.92 Å². The van der Waals surface area contributed by atoms with Crippen molar-refractivity contribution < 1.29 is 9.90 Å². The normalized spacial score (nSPS) is 11.4. The first kappa shape index (κ1) is 17.4. The highest BCUT2D eigenvalue weighted by molar-refractivity contribution is 5.99. The highest BCUT2D eigenvalue weighted by Crippen LogP contribution is 2.24. The van der Waals surface area contributed by atoms with E-state index in [1.165, 1.54) is 0 Å². The van der Waals surface area contributed by atoms with Gasteiger partial charge in [0.1, 0.15) is 5.75 Å². The first-order chi connectivity index (χ1) is 12.6. The van der Waals surface area contributed by atoms with E-state index in [1.807, 2.05) is 67.6 Å². The lowest BCUT2D eigenvalue weighted by Gasteiger charge is -2.16. The van der Waals surface area contributed by atoms with Crippen LogP contribution in [0.4, 0.5) is 0 Å². The number of hydrogen-bond acceptors (Lipinski definition) is 3. The Morgan fingerprint density at radius 3 is 1.85 bits per heavy atom. The molecule has 3 rings (SSSR count). The summed E-state index contributed by atoms with van der Waals surface area (Å²) < 4.78 is 0. The lowest BCUT2D eigenvalue weighted by atomic mass is 9.91. The summed E-state index contributed by atoms with van der Waals surface area (Å²) in [5, 5.41) is 13.6. The molecule has 0 fully saturated rings. The molecule has 3 aromatic rings. The summed E-state index contributed by atoms with van der Waals surface area (Å²) in [7, 11) is 0. The smallest absolute Gasteiger partial charge is 0.252 e. The molecule has 0 saturated heterocycles. The fourth-order valence-electron chi connectivity index (χ4n) is 2.76. The van der Waals surface area contributed by atoms with Crippen molar-refractivity contribution in [2.24, 2.45) is 5.10 Å². The van der Waals surface area contributed by atoms with E-state index in [-0.39, 0.29) is 11.7 Å². The molecule has 0 radical (unpaired) electrons. The van der Waals surface area contributed by atoms with Gasteiger partial charge < -0.3 is 5.11 Å². The van der Waals surface area contributed by atoms with Gasteiger partial charge >= 0.3 is 0 Å². The Morgan fingerprint density at radius 1 is 0.846 bits per heavy atom. The van der Waals surface area contributed by atoms with Crippen molar-refractivity contribution in [2.75, 3.05) is 0 Å². The molecule has 2 N–H and O–H groups in total. The second kappa shape index (κ2) is 8.12. The number of carbonyl (C=O) groups excluding carboxylic acids is 1. The summed E-state index contributed by atoms with van der Waals surface area (Å²) in [6, 6.07) is 26.0. The van der Waals surface area contributed by atoms with Crippen LogP contribution in [0.2, 0.25) is 0 Å². The Labute approximate surface area is 152 Å². The average Bonchev–Trinajstić information content (AvgIpc) is 2.68. The van der Waals surface area contributed by atoms with Crippen molar-refractivity contribution in [3.8, 4) is 5.75 Å². The molecule has 4 nitrogen and oxygen atoms in total. The number of benzene rings is 3. The number of aromatic hydroxyl groups is 1. The number of hydrogen-bond donors (Lipinski definition) is 2. The fraction of sp³-hybridized carbons (Fsp3) is 0.0909. The van der Waals surface area contributed by atoms with Gasteiger partial charge in [0.15, 0.2) is 0 Å². The van der Waals surface area contributed by atoms with Crippen molar-refractivity contribution in [2.45, 2.75) is 12.8 Å². The van der Waals surface area contributed by atoms with Gasteiger partial charge in [-0.05, 0) is 47.9 Å². The van der Waals surface area contributed by atoms with Crippen LogP contribution >= 0.6 is 0 Å². The van der Waals surface area contributed by atoms with Crippen molar-refractivity contribution in [1.29, 1.82) is 0 Å². The zero-order valence-electron chi connectivity index (χ0n) is 14.5. The predicted octanol–water partition coefficient (Wildman–Crippen LogP) is 4.06. The monoisotopic (exact) mass is 344 g/mol. The topological polar surface area (TPSA) is 61.7 Å². The second-order valence-corrected chi connectivity index (χ2v) is 5.97. The molecule has 0 aromatic heterocycles. The lowest BCUT2D eigenvalue weighted by molar-refractivity contribution is -0.121. The summed E-state index contributed by atoms with van der Waals surface area (Å²) >= 11 is 0. The molecule has 1 amide bonds. The lowest BCUT2D eigenvalue weighted by Crippen LogP contribution is -2.27. The van der Waals surface area contributed by atoms with Crippen LogP contribution in [0.5, 0.6) is 5.75 Å². The third kappa shape index (κ3) is 4.16. The highest BCUT2D eigenvalue weighted by atomic mass is 16.3. The molecule has 130 valence electrons. The molecule has 3 aromatic carbocycles. The third-order valence-corrected chi connectivity index (χ3v) is 4.15. The first-order valence-electron chi connectivity index (χ1n) is 8.38. The van der Waals surface area contributed by atoms with Gasteiger partial charge in [-0.15, -0.1) is 0 Å². The number of carbonyl (C=O) groups is 1. The molecule has 0 spiro atoms. The molecule has 0 aliphatic heterocycles. The van der Waals surface area contributed by atoms with E-state index in [9.17, 15) is 9.90 Å². The number of amides is 1. The summed E-state index contributed by atoms with van der Waals surface area (Å²) in [6.45, 7) is 1.81. The first-order valence-corrected chi connectivity index (χ1v) is 8.38. The number of phenols is 1. The summed E-state index contributed by atoms with van der Waals surface area (Å²) in [4.78, 5) is 12.9. The number of hydrazone groups is 1. The van der Waals surface area contributed by atoms with E-state index in [1.54, 1.807) is 24.3 Å². The van der Waals surface area contributed by atoms with Crippen molar-refractivity contribution >= 4 is 11.6 Å². The van der Waals surface area contributed by atoms with E-state index in [2.05, 4.69) is 10.5 Å². The Kier molecular flexibility index (Phi) is 5.44. The van der Waals surface area contributed by atoms with Gasteiger partial charge in [-0.1, -0.05) is 60.7 Å². The van der Waals surface area contributed by atoms with Gasteiger partial charge in [0, 0.05) is 0 Å². The minimum absolute atomic E-state index is 0.193. The summed E-state index contributed by atoms with van der Waals surface area (Å²) in [5.74, 6) is -0.437. The van der Waals surface area contributed by atoms with Gasteiger partial charge in [0.25, 0.3) is 5.91 Å². The maximum absolute atomic E-state index is 12.9. The minimum atomic E-state index is -0.436. The van der Waals surface area contributed by atoms with Crippen molar-refractivity contribution in [3.05, 3.63) is 102 Å². The zero-order chi connectivity index (χ0) is 18.4. The summed E-state index contributed by atoms with van der Waals surface area (Å²) in [6.07, 6.45) is 0. The third-order valence-electron chi connectivity index (χ3n) is 4.15. The number of rotatable bonds is 5. The molecule has 0 bridgehead atoms. The molecule has 0 aliphatic rings. The number of nitrogens with one attached hydrogen (secondary N) is 1. The van der Waals surface area contributed by atoms with E-state index in [0.717, 1.165) is 16.7 Å². The Balaban J connectivity index is 1.84. The van der Waals surface area contributed by atoms with Crippen LogP contribution in [0, 0.1) is 0 Å². The predicted molar refractivity (Wildman–Crippen MR) is 103 cm³/mol. The minimum Gasteiger partial charge on any atom is -0.508 e. The second-order valence-electron chi connectivity index (χ2n) is 5.97. The van der Waals surface area contributed by atoms with Gasteiger partial charge in [0.2, 0.25) is 0 Å². The van der Waals surface area contributed by atoms with Crippen molar-refractivity contribution in [1.82, 2.24) is 5.43 Å².